The van der Waals surface area contributed by atoms with Crippen molar-refractivity contribution in [3.8, 4) is 0 Å². The number of carbonyl (C=O) groups is 5. The number of aldehydes is 1. The molecule has 10 heteroatoms. The number of hydrazine groups is 2. The zero-order valence-electron chi connectivity index (χ0n) is 15.5. The summed E-state index contributed by atoms with van der Waals surface area (Å²) in [5.41, 5.74) is 3.19. The van der Waals surface area contributed by atoms with Gasteiger partial charge in [-0.05, 0) is 18.9 Å². The van der Waals surface area contributed by atoms with Crippen molar-refractivity contribution in [2.75, 3.05) is 13.1 Å². The van der Waals surface area contributed by atoms with E-state index < -0.39 is 23.8 Å². The molecule has 0 radical (unpaired) electrons. The second-order valence-electron chi connectivity index (χ2n) is 6.91. The molecule has 2 aromatic rings. The smallest absolute Gasteiger partial charge is 0.358 e. The molecule has 2 aliphatic rings. The molecule has 2 N–H and O–H groups in total. The Morgan fingerprint density at radius 2 is 1.97 bits per heavy atom. The Labute approximate surface area is 165 Å². The summed E-state index contributed by atoms with van der Waals surface area (Å²) in [5.74, 6) is -2.12. The number of rotatable bonds is 4. The van der Waals surface area contributed by atoms with Gasteiger partial charge in [0.2, 0.25) is 5.91 Å². The van der Waals surface area contributed by atoms with Crippen LogP contribution in [0.3, 0.4) is 0 Å². The summed E-state index contributed by atoms with van der Waals surface area (Å²) in [7, 11) is 0. The number of ketones is 1. The minimum atomic E-state index is -0.997. The maximum absolute atomic E-state index is 12.9. The Kier molecular flexibility index (Phi) is 4.75. The van der Waals surface area contributed by atoms with Gasteiger partial charge in [-0.1, -0.05) is 18.2 Å². The highest BCUT2D eigenvalue weighted by atomic mass is 16.2. The average Bonchev–Trinajstić information content (AvgIpc) is 3.13. The van der Waals surface area contributed by atoms with Crippen LogP contribution in [0, 0.1) is 0 Å². The maximum Gasteiger partial charge on any atom is 0.358 e. The largest absolute Gasteiger partial charge is 0.360 e. The third-order valence-electron chi connectivity index (χ3n) is 5.14. The second kappa shape index (κ2) is 7.38. The number of hydrogen-bond acceptors (Lipinski definition) is 5. The standard InChI is InChI=1S/C19H19N5O5/c25-11-12-4-3-8-23-16(26)7-9-22(19(29)24(12)23)21-18(28)17(27)14-10-20-15-6-2-1-5-13(14)15/h1-2,5-6,10-12,20H,3-4,7-9H2,(H,21,28)/t12-/m0/s1. The van der Waals surface area contributed by atoms with Crippen LogP contribution < -0.4 is 5.43 Å². The van der Waals surface area contributed by atoms with Crippen molar-refractivity contribution in [1.82, 2.24) is 25.4 Å². The number of H-pyrrole nitrogens is 1. The SMILES string of the molecule is O=C[C@@H]1CCCN2C(=O)CCN(NC(=O)C(=O)c3c[nH]c4ccccc34)C(=O)N12. The van der Waals surface area contributed by atoms with Gasteiger partial charge >= 0.3 is 11.9 Å². The average molecular weight is 397 g/mol. The monoisotopic (exact) mass is 397 g/mol. The number of aromatic amines is 1. The molecule has 4 rings (SSSR count). The van der Waals surface area contributed by atoms with Gasteiger partial charge in [0.1, 0.15) is 12.3 Å². The summed E-state index contributed by atoms with van der Waals surface area (Å²) in [6, 6.07) is 5.53. The third kappa shape index (κ3) is 3.22. The lowest BCUT2D eigenvalue weighted by molar-refractivity contribution is -0.151. The topological polar surface area (TPSA) is 123 Å². The fraction of sp³-hybridized carbons (Fsp3) is 0.316. The highest BCUT2D eigenvalue weighted by molar-refractivity contribution is 6.45. The van der Waals surface area contributed by atoms with Gasteiger partial charge in [0.25, 0.3) is 5.78 Å². The fourth-order valence-corrected chi connectivity index (χ4v) is 3.69. The molecule has 150 valence electrons. The summed E-state index contributed by atoms with van der Waals surface area (Å²) in [5, 5.41) is 3.84. The first kappa shape index (κ1) is 18.7. The zero-order valence-corrected chi connectivity index (χ0v) is 15.5. The van der Waals surface area contributed by atoms with E-state index in [0.717, 1.165) is 10.0 Å². The van der Waals surface area contributed by atoms with E-state index in [1.54, 1.807) is 24.3 Å². The summed E-state index contributed by atoms with van der Waals surface area (Å²) in [4.78, 5) is 64.8. The minimum Gasteiger partial charge on any atom is -0.360 e. The molecule has 0 spiro atoms. The van der Waals surface area contributed by atoms with Crippen LogP contribution in [0.2, 0.25) is 0 Å². The predicted octanol–water partition coefficient (Wildman–Crippen LogP) is 0.614. The van der Waals surface area contributed by atoms with Crippen molar-refractivity contribution in [1.29, 1.82) is 0 Å². The van der Waals surface area contributed by atoms with Gasteiger partial charge in [-0.25, -0.2) is 19.8 Å². The number of aromatic nitrogens is 1. The first-order valence-corrected chi connectivity index (χ1v) is 9.29. The van der Waals surface area contributed by atoms with Gasteiger partial charge < -0.3 is 9.78 Å². The van der Waals surface area contributed by atoms with E-state index in [4.69, 9.17) is 0 Å². The number of Topliss-reactive ketones (excluding diaryl/α,β-unsaturated/α-hetero) is 1. The molecule has 10 nitrogen and oxygen atoms in total. The van der Waals surface area contributed by atoms with Crippen LogP contribution in [0.1, 0.15) is 29.6 Å². The zero-order chi connectivity index (χ0) is 20.5. The molecule has 4 amide bonds. The molecule has 1 atom stereocenters. The van der Waals surface area contributed by atoms with Crippen LogP contribution in [0.5, 0.6) is 0 Å². The Bertz CT molecular complexity index is 1020. The van der Waals surface area contributed by atoms with E-state index in [9.17, 15) is 24.0 Å². The van der Waals surface area contributed by atoms with Crippen LogP contribution in [0.4, 0.5) is 4.79 Å². The molecular formula is C19H19N5O5. The molecule has 2 aliphatic heterocycles. The number of urea groups is 1. The maximum atomic E-state index is 12.9. The van der Waals surface area contributed by atoms with E-state index in [2.05, 4.69) is 10.4 Å². The molecule has 3 heterocycles. The Balaban J connectivity index is 1.55. The lowest BCUT2D eigenvalue weighted by Crippen LogP contribution is -2.61. The number of amides is 4. The molecule has 1 aromatic heterocycles. The van der Waals surface area contributed by atoms with Gasteiger partial charge in [0.05, 0.1) is 12.1 Å². The van der Waals surface area contributed by atoms with E-state index in [0.29, 0.717) is 36.6 Å². The van der Waals surface area contributed by atoms with Crippen molar-refractivity contribution in [2.24, 2.45) is 0 Å². The molecule has 1 aromatic carbocycles. The summed E-state index contributed by atoms with van der Waals surface area (Å²) >= 11 is 0. The highest BCUT2D eigenvalue weighted by Gasteiger charge is 2.41. The predicted molar refractivity (Wildman–Crippen MR) is 100 cm³/mol. The fourth-order valence-electron chi connectivity index (χ4n) is 3.69. The van der Waals surface area contributed by atoms with Gasteiger partial charge in [-0.3, -0.25) is 19.8 Å². The van der Waals surface area contributed by atoms with Crippen molar-refractivity contribution < 1.29 is 24.0 Å². The normalized spacial score (nSPS) is 19.7. The van der Waals surface area contributed by atoms with Gasteiger partial charge in [0, 0.05) is 30.1 Å². The first-order valence-electron chi connectivity index (χ1n) is 9.29. The van der Waals surface area contributed by atoms with Crippen LogP contribution in [-0.4, -0.2) is 69.1 Å². The van der Waals surface area contributed by atoms with Crippen molar-refractivity contribution in [2.45, 2.75) is 25.3 Å². The number of benzene rings is 1. The van der Waals surface area contributed by atoms with E-state index in [-0.39, 0.29) is 24.4 Å². The van der Waals surface area contributed by atoms with Gasteiger partial charge in [-0.2, -0.15) is 0 Å². The molecular weight excluding hydrogens is 378 g/mol. The number of carbonyl (C=O) groups excluding carboxylic acids is 5. The van der Waals surface area contributed by atoms with Crippen LogP contribution in [0.25, 0.3) is 10.9 Å². The third-order valence-corrected chi connectivity index (χ3v) is 5.14. The van der Waals surface area contributed by atoms with Gasteiger partial charge in [-0.15, -0.1) is 0 Å². The molecule has 0 unspecified atom stereocenters. The molecule has 0 aliphatic carbocycles. The number of fused-ring (bicyclic) bond motifs is 2. The van der Waals surface area contributed by atoms with E-state index in [1.165, 1.54) is 11.2 Å². The van der Waals surface area contributed by atoms with Crippen molar-refractivity contribution >= 4 is 40.8 Å². The van der Waals surface area contributed by atoms with E-state index in [1.807, 2.05) is 0 Å². The lowest BCUT2D eigenvalue weighted by Gasteiger charge is -2.41. The number of para-hydroxylation sites is 1. The minimum absolute atomic E-state index is 0.0324. The molecule has 0 saturated carbocycles. The van der Waals surface area contributed by atoms with E-state index >= 15 is 0 Å². The quantitative estimate of drug-likeness (QED) is 0.445. The molecule has 29 heavy (non-hydrogen) atoms. The molecule has 0 bridgehead atoms. The highest BCUT2D eigenvalue weighted by Crippen LogP contribution is 2.22. The summed E-state index contributed by atoms with van der Waals surface area (Å²) < 4.78 is 0. The Hall–Kier alpha value is -3.69. The van der Waals surface area contributed by atoms with Gasteiger partial charge in [0.15, 0.2) is 0 Å². The van der Waals surface area contributed by atoms with Crippen LogP contribution in [-0.2, 0) is 14.4 Å². The van der Waals surface area contributed by atoms with Crippen molar-refractivity contribution in [3.05, 3.63) is 36.0 Å². The van der Waals surface area contributed by atoms with Crippen LogP contribution in [0.15, 0.2) is 30.5 Å². The molecule has 2 saturated heterocycles. The Morgan fingerprint density at radius 1 is 1.17 bits per heavy atom. The van der Waals surface area contributed by atoms with Crippen molar-refractivity contribution in [3.63, 3.8) is 0 Å². The number of nitrogens with zero attached hydrogens (tertiary/aromatic N) is 3. The molecule has 2 fully saturated rings. The Morgan fingerprint density at radius 3 is 2.76 bits per heavy atom. The summed E-state index contributed by atoms with van der Waals surface area (Å²) in [6.45, 7) is 0.230. The first-order chi connectivity index (χ1) is 14.0. The van der Waals surface area contributed by atoms with Crippen LogP contribution >= 0.6 is 0 Å². The lowest BCUT2D eigenvalue weighted by atomic mass is 10.1. The second-order valence-corrected chi connectivity index (χ2v) is 6.91. The number of hydrogen-bond donors (Lipinski definition) is 2. The number of nitrogens with one attached hydrogen (secondary N) is 2. The summed E-state index contributed by atoms with van der Waals surface area (Å²) in [6.07, 6.45) is 3.05.